The van der Waals surface area contributed by atoms with Crippen molar-refractivity contribution in [3.8, 4) is 11.3 Å². The zero-order valence-electron chi connectivity index (χ0n) is 17.0. The molecule has 0 aliphatic heterocycles. The molecule has 4 aromatic rings. The molecule has 0 unspecified atom stereocenters. The van der Waals surface area contributed by atoms with Gasteiger partial charge in [0.2, 0.25) is 0 Å². The van der Waals surface area contributed by atoms with E-state index in [0.29, 0.717) is 23.6 Å². The molecule has 1 heterocycles. The van der Waals surface area contributed by atoms with Crippen molar-refractivity contribution >= 4 is 17.4 Å². The molecule has 1 N–H and O–H groups in total. The number of nitrogens with zero attached hydrogens (tertiary/aromatic N) is 3. The van der Waals surface area contributed by atoms with Crippen LogP contribution in [-0.4, -0.2) is 27.8 Å². The normalized spacial score (nSPS) is 10.5. The lowest BCUT2D eigenvalue weighted by Gasteiger charge is -2.17. The summed E-state index contributed by atoms with van der Waals surface area (Å²) in [5.41, 5.74) is 3.98. The zero-order chi connectivity index (χ0) is 21.6. The van der Waals surface area contributed by atoms with E-state index in [0.717, 1.165) is 16.8 Å². The van der Waals surface area contributed by atoms with E-state index in [1.807, 2.05) is 42.5 Å². The minimum Gasteiger partial charge on any atom is -0.340 e. The highest BCUT2D eigenvalue weighted by molar-refractivity contribution is 5.94. The van der Waals surface area contributed by atoms with E-state index < -0.39 is 0 Å². The van der Waals surface area contributed by atoms with E-state index in [1.54, 1.807) is 42.3 Å². The van der Waals surface area contributed by atoms with Crippen LogP contribution >= 0.6 is 0 Å². The molecule has 0 atom stereocenters. The van der Waals surface area contributed by atoms with E-state index >= 15 is 0 Å². The molecule has 6 heteroatoms. The fourth-order valence-electron chi connectivity index (χ4n) is 3.20. The highest BCUT2D eigenvalue weighted by Crippen LogP contribution is 2.22. The molecule has 1 aromatic heterocycles. The number of hydrogen-bond acceptors (Lipinski definition) is 4. The Morgan fingerprint density at radius 1 is 0.935 bits per heavy atom. The van der Waals surface area contributed by atoms with Crippen LogP contribution in [0.3, 0.4) is 0 Å². The standard InChI is InChI=1S/C25H21FN4O/c1-30(16-18-5-3-2-4-6-18)25(31)20-9-13-22(14-10-20)29-24-15-23(27-17-28-24)19-7-11-21(26)12-8-19/h2-15,17H,16H2,1H3,(H,27,28,29). The molecule has 0 spiro atoms. The van der Waals surface area contributed by atoms with Crippen molar-refractivity contribution in [3.63, 3.8) is 0 Å². The molecule has 0 radical (unpaired) electrons. The summed E-state index contributed by atoms with van der Waals surface area (Å²) in [7, 11) is 1.79. The Hall–Kier alpha value is -4.06. The van der Waals surface area contributed by atoms with Crippen molar-refractivity contribution in [3.05, 3.63) is 108 Å². The Kier molecular flexibility index (Phi) is 5.98. The van der Waals surface area contributed by atoms with E-state index in [-0.39, 0.29) is 11.7 Å². The Balaban J connectivity index is 1.43. The molecular weight excluding hydrogens is 391 g/mol. The van der Waals surface area contributed by atoms with Crippen molar-refractivity contribution in [1.29, 1.82) is 0 Å². The monoisotopic (exact) mass is 412 g/mol. The molecule has 0 aliphatic carbocycles. The molecule has 0 fully saturated rings. The number of benzene rings is 3. The van der Waals surface area contributed by atoms with Crippen molar-refractivity contribution in [2.75, 3.05) is 12.4 Å². The average molecular weight is 412 g/mol. The lowest BCUT2D eigenvalue weighted by Crippen LogP contribution is -2.26. The third kappa shape index (κ3) is 5.11. The number of amides is 1. The third-order valence-electron chi connectivity index (χ3n) is 4.82. The molecule has 31 heavy (non-hydrogen) atoms. The third-order valence-corrected chi connectivity index (χ3v) is 4.82. The largest absolute Gasteiger partial charge is 0.340 e. The number of carbonyl (C=O) groups is 1. The van der Waals surface area contributed by atoms with Gasteiger partial charge in [-0.05, 0) is 54.1 Å². The lowest BCUT2D eigenvalue weighted by molar-refractivity contribution is 0.0785. The summed E-state index contributed by atoms with van der Waals surface area (Å²) in [6, 6.07) is 25.1. The Morgan fingerprint density at radius 3 is 2.35 bits per heavy atom. The predicted molar refractivity (Wildman–Crippen MR) is 119 cm³/mol. The van der Waals surface area contributed by atoms with Gasteiger partial charge in [0.05, 0.1) is 5.69 Å². The number of halogens is 1. The number of anilines is 2. The minimum atomic E-state index is -0.291. The van der Waals surface area contributed by atoms with Gasteiger partial charge in [-0.3, -0.25) is 4.79 Å². The quantitative estimate of drug-likeness (QED) is 0.467. The van der Waals surface area contributed by atoms with Gasteiger partial charge in [-0.25, -0.2) is 14.4 Å². The van der Waals surface area contributed by atoms with E-state index in [2.05, 4.69) is 15.3 Å². The van der Waals surface area contributed by atoms with Gasteiger partial charge in [-0.2, -0.15) is 0 Å². The summed E-state index contributed by atoms with van der Waals surface area (Å²) in [6.45, 7) is 0.548. The smallest absolute Gasteiger partial charge is 0.253 e. The zero-order valence-corrected chi connectivity index (χ0v) is 17.0. The summed E-state index contributed by atoms with van der Waals surface area (Å²) in [6.07, 6.45) is 1.46. The van der Waals surface area contributed by atoms with Gasteiger partial charge in [0.15, 0.2) is 0 Å². The molecule has 1 amide bonds. The van der Waals surface area contributed by atoms with Crippen LogP contribution in [-0.2, 0) is 6.54 Å². The molecule has 0 bridgehead atoms. The van der Waals surface area contributed by atoms with Gasteiger partial charge in [0.25, 0.3) is 5.91 Å². The number of nitrogens with one attached hydrogen (secondary N) is 1. The maximum Gasteiger partial charge on any atom is 0.253 e. The van der Waals surface area contributed by atoms with E-state index in [4.69, 9.17) is 0 Å². The fourth-order valence-corrected chi connectivity index (χ4v) is 3.20. The van der Waals surface area contributed by atoms with E-state index in [9.17, 15) is 9.18 Å². The fraction of sp³-hybridized carbons (Fsp3) is 0.0800. The first kappa shape index (κ1) is 20.2. The van der Waals surface area contributed by atoms with Crippen molar-refractivity contribution in [2.45, 2.75) is 6.54 Å². The van der Waals surface area contributed by atoms with Gasteiger partial charge >= 0.3 is 0 Å². The lowest BCUT2D eigenvalue weighted by atomic mass is 10.1. The Bertz CT molecular complexity index is 1160. The van der Waals surface area contributed by atoms with Crippen molar-refractivity contribution < 1.29 is 9.18 Å². The van der Waals surface area contributed by atoms with Gasteiger partial charge in [0, 0.05) is 36.5 Å². The predicted octanol–water partition coefficient (Wildman–Crippen LogP) is 5.30. The van der Waals surface area contributed by atoms with Crippen LogP contribution in [0.1, 0.15) is 15.9 Å². The highest BCUT2D eigenvalue weighted by Gasteiger charge is 2.12. The summed E-state index contributed by atoms with van der Waals surface area (Å²) in [5, 5.41) is 3.21. The Morgan fingerprint density at radius 2 is 1.65 bits per heavy atom. The molecule has 0 aliphatic rings. The summed E-state index contributed by atoms with van der Waals surface area (Å²) < 4.78 is 13.1. The van der Waals surface area contributed by atoms with Crippen LogP contribution < -0.4 is 5.32 Å². The van der Waals surface area contributed by atoms with Gasteiger partial charge in [-0.15, -0.1) is 0 Å². The number of rotatable bonds is 6. The molecule has 0 saturated carbocycles. The second-order valence-electron chi connectivity index (χ2n) is 7.14. The molecule has 4 rings (SSSR count). The second kappa shape index (κ2) is 9.17. The molecule has 5 nitrogen and oxygen atoms in total. The molecular formula is C25H21FN4O. The van der Waals surface area contributed by atoms with Crippen LogP contribution in [0.4, 0.5) is 15.9 Å². The van der Waals surface area contributed by atoms with Gasteiger partial charge in [-0.1, -0.05) is 30.3 Å². The van der Waals surface area contributed by atoms with Crippen LogP contribution in [0.5, 0.6) is 0 Å². The number of aromatic nitrogens is 2. The van der Waals surface area contributed by atoms with E-state index in [1.165, 1.54) is 18.5 Å². The van der Waals surface area contributed by atoms with Crippen molar-refractivity contribution in [1.82, 2.24) is 14.9 Å². The number of carbonyl (C=O) groups excluding carboxylic acids is 1. The molecule has 0 saturated heterocycles. The summed E-state index contributed by atoms with van der Waals surface area (Å²) in [5.74, 6) is 0.269. The van der Waals surface area contributed by atoms with Crippen molar-refractivity contribution in [2.24, 2.45) is 0 Å². The van der Waals surface area contributed by atoms with Gasteiger partial charge < -0.3 is 10.2 Å². The molecule has 154 valence electrons. The van der Waals surface area contributed by atoms with Crippen LogP contribution in [0.25, 0.3) is 11.3 Å². The topological polar surface area (TPSA) is 58.1 Å². The average Bonchev–Trinajstić information content (AvgIpc) is 2.80. The SMILES string of the molecule is CN(Cc1ccccc1)C(=O)c1ccc(Nc2cc(-c3ccc(F)cc3)ncn2)cc1. The van der Waals surface area contributed by atoms with Crippen LogP contribution in [0.15, 0.2) is 91.3 Å². The number of hydrogen-bond donors (Lipinski definition) is 1. The first-order chi connectivity index (χ1) is 15.1. The molecule has 3 aromatic carbocycles. The second-order valence-corrected chi connectivity index (χ2v) is 7.14. The van der Waals surface area contributed by atoms with Gasteiger partial charge in [0.1, 0.15) is 18.0 Å². The maximum atomic E-state index is 13.1. The minimum absolute atomic E-state index is 0.0453. The Labute approximate surface area is 180 Å². The maximum absolute atomic E-state index is 13.1. The summed E-state index contributed by atoms with van der Waals surface area (Å²) >= 11 is 0. The first-order valence-electron chi connectivity index (χ1n) is 9.83. The first-order valence-corrected chi connectivity index (χ1v) is 9.83. The highest BCUT2D eigenvalue weighted by atomic mass is 19.1. The van der Waals surface area contributed by atoms with Crippen LogP contribution in [0, 0.1) is 5.82 Å². The summed E-state index contributed by atoms with van der Waals surface area (Å²) in [4.78, 5) is 22.9. The van der Waals surface area contributed by atoms with Crippen LogP contribution in [0.2, 0.25) is 0 Å².